The first-order valence-electron chi connectivity index (χ1n) is 15.5. The fourth-order valence-corrected chi connectivity index (χ4v) is 4.37. The maximum absolute atomic E-state index is 12.5. The highest BCUT2D eigenvalue weighted by molar-refractivity contribution is 5.69. The van der Waals surface area contributed by atoms with Crippen molar-refractivity contribution in [2.75, 3.05) is 0 Å². The van der Waals surface area contributed by atoms with Gasteiger partial charge in [-0.25, -0.2) is 0 Å². The van der Waals surface area contributed by atoms with Crippen LogP contribution in [0.15, 0.2) is 36.5 Å². The van der Waals surface area contributed by atoms with E-state index in [0.29, 0.717) is 6.42 Å². The minimum atomic E-state index is -0.707. The van der Waals surface area contributed by atoms with Crippen LogP contribution in [-0.4, -0.2) is 23.1 Å². The lowest BCUT2D eigenvalue weighted by molar-refractivity contribution is -0.150. The van der Waals surface area contributed by atoms with E-state index >= 15 is 0 Å². The summed E-state index contributed by atoms with van der Waals surface area (Å²) in [5.74, 6) is -0.739. The molecule has 0 saturated carbocycles. The summed E-state index contributed by atoms with van der Waals surface area (Å²) < 4.78 is 5.90. The van der Waals surface area contributed by atoms with Crippen molar-refractivity contribution < 1.29 is 19.4 Å². The van der Waals surface area contributed by atoms with E-state index in [0.717, 1.165) is 96.3 Å². The predicted octanol–water partition coefficient (Wildman–Crippen LogP) is 10.3. The second-order valence-electron chi connectivity index (χ2n) is 10.3. The normalized spacial score (nSPS) is 12.7. The molecule has 0 fully saturated rings. The number of esters is 1. The van der Waals surface area contributed by atoms with Crippen LogP contribution in [0, 0.1) is 0 Å². The molecule has 214 valence electrons. The number of carbonyl (C=O) groups excluding carboxylic acids is 1. The minimum Gasteiger partial charge on any atom is -0.481 e. The van der Waals surface area contributed by atoms with Gasteiger partial charge in [0.05, 0.1) is 0 Å². The molecule has 0 amide bonds. The highest BCUT2D eigenvalue weighted by atomic mass is 16.5. The second kappa shape index (κ2) is 28.7. The molecule has 1 N–H and O–H groups in total. The molecule has 0 aromatic carbocycles. The number of carboxylic acids is 1. The van der Waals surface area contributed by atoms with E-state index in [1.54, 1.807) is 0 Å². The van der Waals surface area contributed by atoms with Crippen molar-refractivity contribution in [1.29, 1.82) is 0 Å². The van der Waals surface area contributed by atoms with E-state index in [9.17, 15) is 9.59 Å². The molecule has 37 heavy (non-hydrogen) atoms. The summed E-state index contributed by atoms with van der Waals surface area (Å²) in [6.07, 6.45) is 35.8. The summed E-state index contributed by atoms with van der Waals surface area (Å²) >= 11 is 0. The smallest absolute Gasteiger partial charge is 0.306 e. The molecule has 0 aliphatic rings. The van der Waals surface area contributed by atoms with Gasteiger partial charge < -0.3 is 9.84 Å². The Hall–Kier alpha value is -1.84. The zero-order valence-electron chi connectivity index (χ0n) is 24.3. The molecule has 0 radical (unpaired) electrons. The molecule has 0 saturated heterocycles. The first-order chi connectivity index (χ1) is 18.1. The molecule has 0 aliphatic heterocycles. The van der Waals surface area contributed by atoms with Crippen LogP contribution in [-0.2, 0) is 14.3 Å². The molecular formula is C33H58O4. The van der Waals surface area contributed by atoms with Crippen LogP contribution in [0.2, 0.25) is 0 Å². The standard InChI is InChI=1S/C33H58O4/c1-3-5-7-9-11-12-13-14-15-16-17-22-26-30-33(36)37-31(27-23-19-10-8-6-4-2)28-24-20-18-21-25-29-32(34)35/h5,7,11-12,14-15,31H,3-4,6,8-10,13,16-30H2,1-2H3,(H,34,35)/b7-5-,12-11-,15-14-. The summed E-state index contributed by atoms with van der Waals surface area (Å²) in [6.45, 7) is 4.39. The zero-order valence-corrected chi connectivity index (χ0v) is 24.3. The van der Waals surface area contributed by atoms with Gasteiger partial charge in [-0.2, -0.15) is 0 Å². The molecule has 0 bridgehead atoms. The number of allylic oxidation sites excluding steroid dienone is 6. The summed E-state index contributed by atoms with van der Waals surface area (Å²) in [5.41, 5.74) is 0. The number of hydrogen-bond donors (Lipinski definition) is 1. The number of ether oxygens (including phenoxy) is 1. The molecule has 0 aromatic rings. The van der Waals surface area contributed by atoms with Crippen molar-refractivity contribution in [1.82, 2.24) is 0 Å². The molecular weight excluding hydrogens is 460 g/mol. The lowest BCUT2D eigenvalue weighted by Gasteiger charge is -2.18. The van der Waals surface area contributed by atoms with Crippen molar-refractivity contribution in [3.63, 3.8) is 0 Å². The maximum Gasteiger partial charge on any atom is 0.306 e. The first kappa shape index (κ1) is 35.2. The maximum atomic E-state index is 12.5. The third-order valence-corrected chi connectivity index (χ3v) is 6.63. The molecule has 4 nitrogen and oxygen atoms in total. The fraction of sp³-hybridized carbons (Fsp3) is 0.758. The van der Waals surface area contributed by atoms with Crippen molar-refractivity contribution in [2.45, 2.75) is 161 Å². The van der Waals surface area contributed by atoms with Gasteiger partial charge in [0.25, 0.3) is 0 Å². The number of unbranched alkanes of at least 4 members (excludes halogenated alkanes) is 12. The Morgan fingerprint density at radius 3 is 1.76 bits per heavy atom. The first-order valence-corrected chi connectivity index (χ1v) is 15.5. The van der Waals surface area contributed by atoms with Gasteiger partial charge in [-0.05, 0) is 70.6 Å². The molecule has 4 heteroatoms. The van der Waals surface area contributed by atoms with E-state index in [1.807, 2.05) is 0 Å². The van der Waals surface area contributed by atoms with Gasteiger partial charge >= 0.3 is 11.9 Å². The highest BCUT2D eigenvalue weighted by Crippen LogP contribution is 2.18. The zero-order chi connectivity index (χ0) is 27.2. The van der Waals surface area contributed by atoms with Crippen LogP contribution in [0.1, 0.15) is 155 Å². The Kier molecular flexibility index (Phi) is 27.3. The highest BCUT2D eigenvalue weighted by Gasteiger charge is 2.14. The third-order valence-electron chi connectivity index (χ3n) is 6.63. The fourth-order valence-electron chi connectivity index (χ4n) is 4.37. The molecule has 0 spiro atoms. The van der Waals surface area contributed by atoms with E-state index in [1.165, 1.54) is 32.1 Å². The third kappa shape index (κ3) is 28.6. The van der Waals surface area contributed by atoms with Gasteiger partial charge in [0, 0.05) is 12.8 Å². The van der Waals surface area contributed by atoms with Gasteiger partial charge in [0.15, 0.2) is 0 Å². The quantitative estimate of drug-likeness (QED) is 0.0667. The van der Waals surface area contributed by atoms with Crippen LogP contribution in [0.4, 0.5) is 0 Å². The van der Waals surface area contributed by atoms with Gasteiger partial charge in [0.1, 0.15) is 6.10 Å². The van der Waals surface area contributed by atoms with Crippen molar-refractivity contribution in [3.05, 3.63) is 36.5 Å². The number of carbonyl (C=O) groups is 2. The lowest BCUT2D eigenvalue weighted by atomic mass is 10.0. The Balaban J connectivity index is 4.05. The van der Waals surface area contributed by atoms with Crippen molar-refractivity contribution in [2.24, 2.45) is 0 Å². The van der Waals surface area contributed by atoms with Gasteiger partial charge in [0.2, 0.25) is 0 Å². The molecule has 1 unspecified atom stereocenters. The summed E-state index contributed by atoms with van der Waals surface area (Å²) in [5, 5.41) is 8.74. The second-order valence-corrected chi connectivity index (χ2v) is 10.3. The van der Waals surface area contributed by atoms with Crippen LogP contribution in [0.25, 0.3) is 0 Å². The average molecular weight is 519 g/mol. The average Bonchev–Trinajstić information content (AvgIpc) is 2.87. The van der Waals surface area contributed by atoms with Crippen LogP contribution >= 0.6 is 0 Å². The van der Waals surface area contributed by atoms with Crippen LogP contribution < -0.4 is 0 Å². The van der Waals surface area contributed by atoms with Crippen molar-refractivity contribution >= 4 is 11.9 Å². The topological polar surface area (TPSA) is 63.6 Å². The van der Waals surface area contributed by atoms with Gasteiger partial charge in [-0.1, -0.05) is 108 Å². The van der Waals surface area contributed by atoms with E-state index < -0.39 is 5.97 Å². The number of carboxylic acid groups (broad SMARTS) is 1. The van der Waals surface area contributed by atoms with E-state index in [4.69, 9.17) is 9.84 Å². The van der Waals surface area contributed by atoms with Gasteiger partial charge in [-0.3, -0.25) is 9.59 Å². The SMILES string of the molecule is CC/C=C\C/C=C\C/C=C\CCCCCC(=O)OC(CCCCCCCC)CCCCCCCC(=O)O. The summed E-state index contributed by atoms with van der Waals surface area (Å²) in [4.78, 5) is 23.1. The Morgan fingerprint density at radius 1 is 0.622 bits per heavy atom. The predicted molar refractivity (Wildman–Crippen MR) is 158 cm³/mol. The largest absolute Gasteiger partial charge is 0.481 e. The molecule has 0 heterocycles. The Bertz CT molecular complexity index is 605. The Labute approximate surface area is 229 Å². The van der Waals surface area contributed by atoms with Crippen LogP contribution in [0.3, 0.4) is 0 Å². The molecule has 0 rings (SSSR count). The number of hydrogen-bond acceptors (Lipinski definition) is 3. The summed E-state index contributed by atoms with van der Waals surface area (Å²) in [6, 6.07) is 0. The molecule has 1 atom stereocenters. The molecule has 0 aliphatic carbocycles. The number of aliphatic carboxylic acids is 1. The van der Waals surface area contributed by atoms with Gasteiger partial charge in [-0.15, -0.1) is 0 Å². The Morgan fingerprint density at radius 2 is 1.14 bits per heavy atom. The lowest BCUT2D eigenvalue weighted by Crippen LogP contribution is -2.18. The minimum absolute atomic E-state index is 0.0322. The van der Waals surface area contributed by atoms with Crippen molar-refractivity contribution in [3.8, 4) is 0 Å². The van der Waals surface area contributed by atoms with E-state index in [2.05, 4.69) is 50.3 Å². The number of rotatable bonds is 27. The van der Waals surface area contributed by atoms with Crippen LogP contribution in [0.5, 0.6) is 0 Å². The monoisotopic (exact) mass is 518 g/mol. The molecule has 0 aromatic heterocycles. The van der Waals surface area contributed by atoms with E-state index in [-0.39, 0.29) is 18.5 Å². The summed E-state index contributed by atoms with van der Waals surface area (Å²) in [7, 11) is 0.